The number of para-hydroxylation sites is 4. The number of fused-ring (bicyclic) bond motifs is 8. The molecule has 0 aliphatic heterocycles. The fourth-order valence-electron chi connectivity index (χ4n) is 7.46. The molecule has 0 atom stereocenters. The lowest BCUT2D eigenvalue weighted by atomic mass is 9.84. The van der Waals surface area contributed by atoms with Gasteiger partial charge in [0.2, 0.25) is 0 Å². The maximum absolute atomic E-state index is 6.64. The van der Waals surface area contributed by atoms with Crippen molar-refractivity contribution in [3.8, 4) is 33.4 Å². The molecule has 10 aromatic rings. The van der Waals surface area contributed by atoms with E-state index < -0.39 is 0 Å². The molecule has 10 rings (SSSR count). The zero-order valence-electron chi connectivity index (χ0n) is 24.8. The monoisotopic (exact) mass is 586 g/mol. The summed E-state index contributed by atoms with van der Waals surface area (Å²) in [5.74, 6) is 0. The quantitative estimate of drug-likeness (QED) is 0.193. The standard InChI is InChI=1S/C44H26O2/c1-2-12-27(13-3-1)28-24-25-33-38(26-28)42(37-21-11-19-35-30-15-7-9-23-40(30)46-44(35)37)32-17-5-4-16-31(32)41(33)36-20-10-18-34-29-14-6-8-22-39(29)45-43(34)36/h1-26H. The summed E-state index contributed by atoms with van der Waals surface area (Å²) in [6.45, 7) is 0. The van der Waals surface area contributed by atoms with Crippen molar-refractivity contribution in [2.24, 2.45) is 0 Å². The van der Waals surface area contributed by atoms with E-state index in [1.54, 1.807) is 0 Å². The van der Waals surface area contributed by atoms with Crippen molar-refractivity contribution in [2.45, 2.75) is 0 Å². The summed E-state index contributed by atoms with van der Waals surface area (Å²) in [7, 11) is 0. The predicted molar refractivity (Wildman–Crippen MR) is 192 cm³/mol. The molecule has 0 aliphatic carbocycles. The van der Waals surface area contributed by atoms with Crippen LogP contribution in [-0.2, 0) is 0 Å². The van der Waals surface area contributed by atoms with Gasteiger partial charge >= 0.3 is 0 Å². The second kappa shape index (κ2) is 9.69. The zero-order valence-corrected chi connectivity index (χ0v) is 24.8. The molecule has 0 saturated carbocycles. The fourth-order valence-corrected chi connectivity index (χ4v) is 7.46. The van der Waals surface area contributed by atoms with Crippen LogP contribution in [0.5, 0.6) is 0 Å². The normalized spacial score (nSPS) is 11.9. The second-order valence-corrected chi connectivity index (χ2v) is 12.0. The molecule has 46 heavy (non-hydrogen) atoms. The highest BCUT2D eigenvalue weighted by molar-refractivity contribution is 6.26. The Balaban J connectivity index is 1.39. The molecular weight excluding hydrogens is 560 g/mol. The average Bonchev–Trinajstić information content (AvgIpc) is 3.70. The maximum atomic E-state index is 6.64. The van der Waals surface area contributed by atoms with Gasteiger partial charge in [-0.25, -0.2) is 0 Å². The minimum Gasteiger partial charge on any atom is -0.455 e. The van der Waals surface area contributed by atoms with Gasteiger partial charge in [-0.05, 0) is 50.9 Å². The number of benzene rings is 8. The summed E-state index contributed by atoms with van der Waals surface area (Å²) in [5, 5.41) is 9.22. The number of hydrogen-bond acceptors (Lipinski definition) is 2. The average molecular weight is 587 g/mol. The highest BCUT2D eigenvalue weighted by atomic mass is 16.3. The van der Waals surface area contributed by atoms with E-state index in [2.05, 4.69) is 146 Å². The number of furan rings is 2. The summed E-state index contributed by atoms with van der Waals surface area (Å²) in [5.41, 5.74) is 10.5. The first-order chi connectivity index (χ1) is 22.8. The first-order valence-electron chi connectivity index (χ1n) is 15.7. The van der Waals surface area contributed by atoms with Gasteiger partial charge in [0.25, 0.3) is 0 Å². The van der Waals surface area contributed by atoms with Crippen LogP contribution in [-0.4, -0.2) is 0 Å². The van der Waals surface area contributed by atoms with Crippen molar-refractivity contribution in [3.63, 3.8) is 0 Å². The van der Waals surface area contributed by atoms with Gasteiger partial charge in [0.05, 0.1) is 0 Å². The third-order valence-electron chi connectivity index (χ3n) is 9.48. The molecular formula is C44H26O2. The van der Waals surface area contributed by atoms with Crippen LogP contribution in [0.4, 0.5) is 0 Å². The lowest BCUT2D eigenvalue weighted by Gasteiger charge is -2.19. The van der Waals surface area contributed by atoms with Gasteiger partial charge in [-0.2, -0.15) is 0 Å². The highest BCUT2D eigenvalue weighted by Gasteiger charge is 2.22. The minimum absolute atomic E-state index is 0.900. The Morgan fingerprint density at radius 1 is 0.283 bits per heavy atom. The molecule has 2 heteroatoms. The molecule has 8 aromatic carbocycles. The zero-order chi connectivity index (χ0) is 30.2. The molecule has 0 bridgehead atoms. The number of hydrogen-bond donors (Lipinski definition) is 0. The Kier molecular flexibility index (Phi) is 5.31. The minimum atomic E-state index is 0.900. The van der Waals surface area contributed by atoms with Gasteiger partial charge in [0.1, 0.15) is 22.3 Å². The van der Waals surface area contributed by atoms with Gasteiger partial charge in [-0.3, -0.25) is 0 Å². The second-order valence-electron chi connectivity index (χ2n) is 12.0. The van der Waals surface area contributed by atoms with Gasteiger partial charge in [0, 0.05) is 43.8 Å². The molecule has 2 nitrogen and oxygen atoms in total. The van der Waals surface area contributed by atoms with E-state index in [0.29, 0.717) is 0 Å². The van der Waals surface area contributed by atoms with Crippen molar-refractivity contribution >= 4 is 65.4 Å². The van der Waals surface area contributed by atoms with Crippen molar-refractivity contribution in [2.75, 3.05) is 0 Å². The first-order valence-corrected chi connectivity index (χ1v) is 15.7. The smallest absolute Gasteiger partial charge is 0.143 e. The molecule has 214 valence electrons. The van der Waals surface area contributed by atoms with Crippen molar-refractivity contribution in [1.82, 2.24) is 0 Å². The highest BCUT2D eigenvalue weighted by Crippen LogP contribution is 2.49. The summed E-state index contributed by atoms with van der Waals surface area (Å²) in [6.07, 6.45) is 0. The third kappa shape index (κ3) is 3.59. The van der Waals surface area contributed by atoms with E-state index >= 15 is 0 Å². The Bertz CT molecular complexity index is 2800. The van der Waals surface area contributed by atoms with Crippen molar-refractivity contribution < 1.29 is 8.83 Å². The molecule has 0 fully saturated rings. The Morgan fingerprint density at radius 2 is 0.739 bits per heavy atom. The first kappa shape index (κ1) is 25.2. The summed E-state index contributed by atoms with van der Waals surface area (Å²) >= 11 is 0. The molecule has 0 N–H and O–H groups in total. The van der Waals surface area contributed by atoms with Crippen molar-refractivity contribution in [1.29, 1.82) is 0 Å². The fraction of sp³-hybridized carbons (Fsp3) is 0. The van der Waals surface area contributed by atoms with Crippen LogP contribution in [0.1, 0.15) is 0 Å². The van der Waals surface area contributed by atoms with Crippen LogP contribution in [0.25, 0.3) is 98.8 Å². The summed E-state index contributed by atoms with van der Waals surface area (Å²) in [6, 6.07) is 56.0. The molecule has 2 aromatic heterocycles. The van der Waals surface area contributed by atoms with E-state index in [-0.39, 0.29) is 0 Å². The molecule has 0 aliphatic rings. The Hall–Kier alpha value is -6.12. The van der Waals surface area contributed by atoms with Gasteiger partial charge in [-0.15, -0.1) is 0 Å². The summed E-state index contributed by atoms with van der Waals surface area (Å²) in [4.78, 5) is 0. The lowest BCUT2D eigenvalue weighted by molar-refractivity contribution is 0.669. The Labute approximate surface area is 264 Å². The van der Waals surface area contributed by atoms with E-state index in [0.717, 1.165) is 55.0 Å². The van der Waals surface area contributed by atoms with Crippen molar-refractivity contribution in [3.05, 3.63) is 158 Å². The van der Waals surface area contributed by atoms with Crippen LogP contribution < -0.4 is 0 Å². The van der Waals surface area contributed by atoms with Crippen LogP contribution >= 0.6 is 0 Å². The Morgan fingerprint density at radius 3 is 1.33 bits per heavy atom. The van der Waals surface area contributed by atoms with Crippen LogP contribution in [0, 0.1) is 0 Å². The van der Waals surface area contributed by atoms with E-state index in [9.17, 15) is 0 Å². The van der Waals surface area contributed by atoms with Gasteiger partial charge in [-0.1, -0.05) is 140 Å². The van der Waals surface area contributed by atoms with E-state index in [1.807, 2.05) is 12.1 Å². The van der Waals surface area contributed by atoms with Gasteiger partial charge in [0.15, 0.2) is 0 Å². The van der Waals surface area contributed by atoms with E-state index in [1.165, 1.54) is 43.8 Å². The van der Waals surface area contributed by atoms with Crippen LogP contribution in [0.2, 0.25) is 0 Å². The molecule has 0 radical (unpaired) electrons. The topological polar surface area (TPSA) is 26.3 Å². The molecule has 0 unspecified atom stereocenters. The lowest BCUT2D eigenvalue weighted by Crippen LogP contribution is -1.92. The van der Waals surface area contributed by atoms with Gasteiger partial charge < -0.3 is 8.83 Å². The molecule has 2 heterocycles. The van der Waals surface area contributed by atoms with Crippen LogP contribution in [0.3, 0.4) is 0 Å². The third-order valence-corrected chi connectivity index (χ3v) is 9.48. The maximum Gasteiger partial charge on any atom is 0.143 e. The number of rotatable bonds is 3. The van der Waals surface area contributed by atoms with E-state index in [4.69, 9.17) is 8.83 Å². The molecule has 0 saturated heterocycles. The summed E-state index contributed by atoms with van der Waals surface area (Å²) < 4.78 is 13.3. The van der Waals surface area contributed by atoms with Crippen LogP contribution in [0.15, 0.2) is 167 Å². The SMILES string of the molecule is c1ccc(-c2ccc3c(-c4cccc5c4oc4ccccc45)c4ccccc4c(-c4cccc5c4oc4ccccc45)c3c2)cc1. The predicted octanol–water partition coefficient (Wildman–Crippen LogP) is 12.8. The molecule has 0 spiro atoms. The largest absolute Gasteiger partial charge is 0.455 e. The molecule has 0 amide bonds.